The topological polar surface area (TPSA) is 33.5 Å². The number of hydrogen-bond acceptors (Lipinski definition) is 3. The summed E-state index contributed by atoms with van der Waals surface area (Å²) >= 11 is 1.69. The van der Waals surface area contributed by atoms with E-state index >= 15 is 0 Å². The molecule has 1 aliphatic heterocycles. The summed E-state index contributed by atoms with van der Waals surface area (Å²) in [5, 5.41) is 4.22. The third kappa shape index (κ3) is 2.21. The fourth-order valence-corrected chi connectivity index (χ4v) is 3.53. The van der Waals surface area contributed by atoms with E-state index in [0.717, 1.165) is 30.9 Å². The van der Waals surface area contributed by atoms with Crippen LogP contribution >= 0.6 is 11.3 Å². The van der Waals surface area contributed by atoms with Crippen molar-refractivity contribution in [3.05, 3.63) is 45.5 Å². The van der Waals surface area contributed by atoms with Gasteiger partial charge in [-0.2, -0.15) is 11.3 Å². The molecule has 19 heavy (non-hydrogen) atoms. The van der Waals surface area contributed by atoms with Crippen LogP contribution in [0.2, 0.25) is 0 Å². The van der Waals surface area contributed by atoms with Gasteiger partial charge in [-0.3, -0.25) is 4.79 Å². The van der Waals surface area contributed by atoms with Crippen LogP contribution in [0.3, 0.4) is 0 Å². The molecular weight excluding hydrogens is 258 g/mol. The van der Waals surface area contributed by atoms with Crippen molar-refractivity contribution >= 4 is 17.2 Å². The lowest BCUT2D eigenvalue weighted by Gasteiger charge is -2.24. The fraction of sp³-hybridized carbons (Fsp3) is 0.400. The van der Waals surface area contributed by atoms with Crippen LogP contribution in [-0.4, -0.2) is 17.4 Å². The second-order valence-electron chi connectivity index (χ2n) is 5.04. The van der Waals surface area contributed by atoms with Gasteiger partial charge in [0.05, 0.1) is 11.6 Å². The summed E-state index contributed by atoms with van der Waals surface area (Å²) in [6.45, 7) is 4.57. The van der Waals surface area contributed by atoms with E-state index in [-0.39, 0.29) is 11.9 Å². The van der Waals surface area contributed by atoms with E-state index in [4.69, 9.17) is 4.42 Å². The number of likely N-dealkylation sites (tertiary alicyclic amines) is 1. The number of hydrogen-bond donors (Lipinski definition) is 0. The average Bonchev–Trinajstić information content (AvgIpc) is 3.06. The Labute approximate surface area is 116 Å². The van der Waals surface area contributed by atoms with Gasteiger partial charge in [0.15, 0.2) is 0 Å². The Hall–Kier alpha value is -1.55. The number of amides is 1. The Morgan fingerprint density at radius 2 is 2.32 bits per heavy atom. The highest BCUT2D eigenvalue weighted by Gasteiger charge is 2.32. The van der Waals surface area contributed by atoms with Crippen LogP contribution < -0.4 is 0 Å². The lowest BCUT2D eigenvalue weighted by Crippen LogP contribution is -2.30. The largest absolute Gasteiger partial charge is 0.466 e. The predicted molar refractivity (Wildman–Crippen MR) is 75.5 cm³/mol. The SMILES string of the molecule is Cc1cc(C(=O)N2CCC[C@@H]2c2ccsc2)c(C)o1. The van der Waals surface area contributed by atoms with E-state index in [1.807, 2.05) is 24.8 Å². The van der Waals surface area contributed by atoms with Crippen LogP contribution in [0.15, 0.2) is 27.3 Å². The van der Waals surface area contributed by atoms with Crippen LogP contribution in [0.1, 0.15) is 46.3 Å². The van der Waals surface area contributed by atoms with E-state index in [2.05, 4.69) is 16.8 Å². The molecule has 100 valence electrons. The number of nitrogens with zero attached hydrogens (tertiary/aromatic N) is 1. The molecule has 2 aromatic rings. The molecule has 0 spiro atoms. The van der Waals surface area contributed by atoms with E-state index in [0.29, 0.717) is 5.56 Å². The van der Waals surface area contributed by atoms with Gasteiger partial charge in [-0.05, 0) is 55.1 Å². The first-order valence-corrected chi connectivity index (χ1v) is 7.51. The van der Waals surface area contributed by atoms with Gasteiger partial charge in [0.25, 0.3) is 5.91 Å². The molecule has 1 saturated heterocycles. The zero-order valence-electron chi connectivity index (χ0n) is 11.2. The third-order valence-electron chi connectivity index (χ3n) is 3.71. The van der Waals surface area contributed by atoms with E-state index in [9.17, 15) is 4.79 Å². The molecule has 1 atom stereocenters. The fourth-order valence-electron chi connectivity index (χ4n) is 2.82. The minimum Gasteiger partial charge on any atom is -0.466 e. The Morgan fingerprint density at radius 3 is 2.95 bits per heavy atom. The maximum Gasteiger partial charge on any atom is 0.257 e. The normalized spacial score (nSPS) is 19.1. The van der Waals surface area contributed by atoms with Crippen LogP contribution in [0.25, 0.3) is 0 Å². The summed E-state index contributed by atoms with van der Waals surface area (Å²) in [4.78, 5) is 14.6. The number of rotatable bonds is 2. The molecule has 0 bridgehead atoms. The van der Waals surface area contributed by atoms with Crippen molar-refractivity contribution in [3.63, 3.8) is 0 Å². The monoisotopic (exact) mass is 275 g/mol. The minimum absolute atomic E-state index is 0.100. The summed E-state index contributed by atoms with van der Waals surface area (Å²) in [5.41, 5.74) is 1.97. The molecule has 2 aromatic heterocycles. The van der Waals surface area contributed by atoms with Gasteiger partial charge in [0, 0.05) is 6.54 Å². The van der Waals surface area contributed by atoms with E-state index in [1.54, 1.807) is 11.3 Å². The van der Waals surface area contributed by atoms with Gasteiger partial charge in [-0.25, -0.2) is 0 Å². The molecule has 4 heteroatoms. The summed E-state index contributed by atoms with van der Waals surface area (Å²) in [7, 11) is 0. The van der Waals surface area contributed by atoms with E-state index < -0.39 is 0 Å². The van der Waals surface area contributed by atoms with Crippen molar-refractivity contribution in [2.75, 3.05) is 6.54 Å². The molecular formula is C15H17NO2S. The number of furan rings is 1. The molecule has 1 amide bonds. The molecule has 0 N–H and O–H groups in total. The van der Waals surface area contributed by atoms with Crippen molar-refractivity contribution < 1.29 is 9.21 Å². The highest BCUT2D eigenvalue weighted by Crippen LogP contribution is 2.34. The second-order valence-corrected chi connectivity index (χ2v) is 5.82. The lowest BCUT2D eigenvalue weighted by molar-refractivity contribution is 0.0734. The predicted octanol–water partition coefficient (Wildman–Crippen LogP) is 3.94. The Morgan fingerprint density at radius 1 is 1.47 bits per heavy atom. The Kier molecular flexibility index (Phi) is 3.19. The van der Waals surface area contributed by atoms with Gasteiger partial charge >= 0.3 is 0 Å². The quantitative estimate of drug-likeness (QED) is 0.832. The first-order chi connectivity index (χ1) is 9.16. The average molecular weight is 275 g/mol. The molecule has 1 aliphatic rings. The highest BCUT2D eigenvalue weighted by atomic mass is 32.1. The van der Waals surface area contributed by atoms with Crippen molar-refractivity contribution in [1.82, 2.24) is 4.90 Å². The second kappa shape index (κ2) is 4.85. The van der Waals surface area contributed by atoms with E-state index in [1.165, 1.54) is 5.56 Å². The van der Waals surface area contributed by atoms with Crippen LogP contribution in [0.5, 0.6) is 0 Å². The van der Waals surface area contributed by atoms with Gasteiger partial charge < -0.3 is 9.32 Å². The van der Waals surface area contributed by atoms with Gasteiger partial charge in [0.1, 0.15) is 11.5 Å². The van der Waals surface area contributed by atoms with Gasteiger partial charge in [0.2, 0.25) is 0 Å². The zero-order chi connectivity index (χ0) is 13.4. The maximum absolute atomic E-state index is 12.7. The molecule has 3 heterocycles. The highest BCUT2D eigenvalue weighted by molar-refractivity contribution is 7.07. The number of carbonyl (C=O) groups is 1. The van der Waals surface area contributed by atoms with Crippen molar-refractivity contribution in [2.24, 2.45) is 0 Å². The Bertz CT molecular complexity index is 585. The van der Waals surface area contributed by atoms with Crippen molar-refractivity contribution in [1.29, 1.82) is 0 Å². The molecule has 0 radical (unpaired) electrons. The van der Waals surface area contributed by atoms with Crippen molar-refractivity contribution in [2.45, 2.75) is 32.7 Å². The van der Waals surface area contributed by atoms with Crippen molar-refractivity contribution in [3.8, 4) is 0 Å². The smallest absolute Gasteiger partial charge is 0.257 e. The van der Waals surface area contributed by atoms with Gasteiger partial charge in [-0.1, -0.05) is 0 Å². The summed E-state index contributed by atoms with van der Waals surface area (Å²) < 4.78 is 5.48. The maximum atomic E-state index is 12.7. The third-order valence-corrected chi connectivity index (χ3v) is 4.41. The summed E-state index contributed by atoms with van der Waals surface area (Å²) in [6, 6.07) is 4.20. The molecule has 3 rings (SSSR count). The van der Waals surface area contributed by atoms with Crippen LogP contribution in [0.4, 0.5) is 0 Å². The number of thiophene rings is 1. The van der Waals surface area contributed by atoms with Crippen LogP contribution in [0, 0.1) is 13.8 Å². The molecule has 0 aliphatic carbocycles. The lowest BCUT2D eigenvalue weighted by atomic mass is 10.1. The summed E-state index contributed by atoms with van der Waals surface area (Å²) in [5.74, 6) is 1.62. The Balaban J connectivity index is 1.89. The molecule has 1 fully saturated rings. The van der Waals surface area contributed by atoms with Gasteiger partial charge in [-0.15, -0.1) is 0 Å². The van der Waals surface area contributed by atoms with Crippen LogP contribution in [-0.2, 0) is 0 Å². The molecule has 0 aromatic carbocycles. The molecule has 0 unspecified atom stereocenters. The first-order valence-electron chi connectivity index (χ1n) is 6.57. The molecule has 3 nitrogen and oxygen atoms in total. The number of carbonyl (C=O) groups excluding carboxylic acids is 1. The minimum atomic E-state index is 0.100. The number of aryl methyl sites for hydroxylation is 2. The summed E-state index contributed by atoms with van der Waals surface area (Å²) in [6.07, 6.45) is 2.13. The standard InChI is InChI=1S/C15H17NO2S/c1-10-8-13(11(2)18-10)15(17)16-6-3-4-14(16)12-5-7-19-9-12/h5,7-9,14H,3-4,6H2,1-2H3/t14-/m1/s1. The molecule has 0 saturated carbocycles. The first kappa shape index (κ1) is 12.5. The zero-order valence-corrected chi connectivity index (χ0v) is 12.0.